The van der Waals surface area contributed by atoms with Crippen LogP contribution in [-0.2, 0) is 9.59 Å². The molecular weight excluding hydrogens is 328 g/mol. The molecule has 0 aliphatic heterocycles. The number of rotatable bonds is 3. The molecule has 0 aromatic heterocycles. The second kappa shape index (κ2) is 8.35. The van der Waals surface area contributed by atoms with Gasteiger partial charge in [-0.3, -0.25) is 0 Å². The number of carbonyl (C=O) groups is 2. The SMILES string of the molecule is CC.CC1(CC=O)CC(O)C(O)C/C=C2\C1CCC1(C)C(C=O)CCC21. The smallest absolute Gasteiger partial charge is 0.123 e. The minimum absolute atomic E-state index is 0.00887. The predicted octanol–water partition coefficient (Wildman–Crippen LogP) is 3.69. The van der Waals surface area contributed by atoms with E-state index in [1.165, 1.54) is 5.57 Å². The van der Waals surface area contributed by atoms with Crippen molar-refractivity contribution in [1.29, 1.82) is 0 Å². The van der Waals surface area contributed by atoms with Crippen LogP contribution in [-0.4, -0.2) is 35.0 Å². The van der Waals surface area contributed by atoms with Crippen LogP contribution < -0.4 is 0 Å². The summed E-state index contributed by atoms with van der Waals surface area (Å²) >= 11 is 0. The molecule has 148 valence electrons. The normalized spacial score (nSPS) is 47.0. The van der Waals surface area contributed by atoms with Gasteiger partial charge in [0.05, 0.1) is 12.2 Å². The first kappa shape index (κ1) is 21.3. The van der Waals surface area contributed by atoms with E-state index in [1.54, 1.807) is 0 Å². The van der Waals surface area contributed by atoms with Crippen molar-refractivity contribution in [3.8, 4) is 0 Å². The van der Waals surface area contributed by atoms with Crippen LogP contribution in [0.1, 0.15) is 72.6 Å². The number of hydrogen-bond acceptors (Lipinski definition) is 4. The summed E-state index contributed by atoms with van der Waals surface area (Å²) in [6.45, 7) is 8.32. The van der Waals surface area contributed by atoms with Crippen LogP contribution >= 0.6 is 0 Å². The van der Waals surface area contributed by atoms with Gasteiger partial charge in [-0.15, -0.1) is 0 Å². The van der Waals surface area contributed by atoms with E-state index in [-0.39, 0.29) is 22.7 Å². The van der Waals surface area contributed by atoms with Gasteiger partial charge in [-0.2, -0.15) is 0 Å². The van der Waals surface area contributed by atoms with Crippen LogP contribution in [0.3, 0.4) is 0 Å². The van der Waals surface area contributed by atoms with Gasteiger partial charge < -0.3 is 19.8 Å². The maximum Gasteiger partial charge on any atom is 0.123 e. The molecule has 2 saturated carbocycles. The van der Waals surface area contributed by atoms with Crippen molar-refractivity contribution in [2.24, 2.45) is 28.6 Å². The fourth-order valence-corrected chi connectivity index (χ4v) is 5.88. The van der Waals surface area contributed by atoms with E-state index in [0.29, 0.717) is 25.2 Å². The summed E-state index contributed by atoms with van der Waals surface area (Å²) in [5.74, 6) is 0.732. The Hall–Kier alpha value is -1.00. The van der Waals surface area contributed by atoms with Gasteiger partial charge in [0.2, 0.25) is 0 Å². The van der Waals surface area contributed by atoms with Gasteiger partial charge in [0, 0.05) is 12.3 Å². The standard InChI is InChI=1S/C20H30O4.C2H6/c1-19(9-10-21)11-18(24)17(23)6-4-14-15(19)7-8-20(2)13(12-22)3-5-16(14)20;1-2/h4,10,12-13,15-18,23-24H,3,5-9,11H2,1-2H3;1-2H3/b14-4+;. The monoisotopic (exact) mass is 364 g/mol. The summed E-state index contributed by atoms with van der Waals surface area (Å²) in [5.41, 5.74) is 1.02. The Morgan fingerprint density at radius 2 is 1.77 bits per heavy atom. The lowest BCUT2D eigenvalue weighted by Crippen LogP contribution is -2.46. The van der Waals surface area contributed by atoms with Crippen LogP contribution in [0.2, 0.25) is 0 Å². The minimum atomic E-state index is -0.785. The Morgan fingerprint density at radius 3 is 2.38 bits per heavy atom. The second-order valence-electron chi connectivity index (χ2n) is 8.77. The average Bonchev–Trinajstić information content (AvgIpc) is 2.96. The van der Waals surface area contributed by atoms with Crippen molar-refractivity contribution >= 4 is 12.6 Å². The molecule has 2 fully saturated rings. The highest BCUT2D eigenvalue weighted by Crippen LogP contribution is 2.62. The molecule has 3 aliphatic rings. The maximum absolute atomic E-state index is 11.5. The maximum atomic E-state index is 11.5. The molecule has 0 aromatic rings. The van der Waals surface area contributed by atoms with Gasteiger partial charge in [-0.05, 0) is 61.2 Å². The van der Waals surface area contributed by atoms with Crippen molar-refractivity contribution in [1.82, 2.24) is 0 Å². The molecule has 7 atom stereocenters. The molecule has 0 heterocycles. The summed E-state index contributed by atoms with van der Waals surface area (Å²) < 4.78 is 0. The Kier molecular flexibility index (Phi) is 6.84. The van der Waals surface area contributed by atoms with E-state index >= 15 is 0 Å². The third kappa shape index (κ3) is 3.55. The highest BCUT2D eigenvalue weighted by molar-refractivity contribution is 5.57. The first-order chi connectivity index (χ1) is 12.4. The highest BCUT2D eigenvalue weighted by Gasteiger charge is 2.55. The summed E-state index contributed by atoms with van der Waals surface area (Å²) in [5, 5.41) is 20.5. The number of aliphatic hydroxyl groups excluding tert-OH is 2. The van der Waals surface area contributed by atoms with Crippen LogP contribution in [0.15, 0.2) is 11.6 Å². The van der Waals surface area contributed by atoms with Gasteiger partial charge in [0.1, 0.15) is 12.6 Å². The lowest BCUT2D eigenvalue weighted by molar-refractivity contribution is -0.115. The first-order valence-corrected chi connectivity index (χ1v) is 10.3. The van der Waals surface area contributed by atoms with Crippen LogP contribution in [0.4, 0.5) is 0 Å². The molecule has 26 heavy (non-hydrogen) atoms. The van der Waals surface area contributed by atoms with E-state index in [0.717, 1.165) is 38.3 Å². The van der Waals surface area contributed by atoms with E-state index in [9.17, 15) is 19.8 Å². The summed E-state index contributed by atoms with van der Waals surface area (Å²) in [6, 6.07) is 0. The third-order valence-electron chi connectivity index (χ3n) is 7.46. The molecule has 0 aromatic carbocycles. The van der Waals surface area contributed by atoms with Gasteiger partial charge in [0.15, 0.2) is 0 Å². The molecule has 4 nitrogen and oxygen atoms in total. The molecule has 2 N–H and O–H groups in total. The van der Waals surface area contributed by atoms with Crippen molar-refractivity contribution in [2.75, 3.05) is 0 Å². The summed E-state index contributed by atoms with van der Waals surface area (Å²) in [6.07, 6.45) is 7.86. The molecule has 0 spiro atoms. The molecule has 3 rings (SSSR count). The topological polar surface area (TPSA) is 74.6 Å². The predicted molar refractivity (Wildman–Crippen MR) is 103 cm³/mol. The van der Waals surface area contributed by atoms with Gasteiger partial charge >= 0.3 is 0 Å². The van der Waals surface area contributed by atoms with Crippen molar-refractivity contribution in [3.63, 3.8) is 0 Å². The second-order valence-corrected chi connectivity index (χ2v) is 8.77. The van der Waals surface area contributed by atoms with Gasteiger partial charge in [0.25, 0.3) is 0 Å². The van der Waals surface area contributed by atoms with Gasteiger partial charge in [-0.1, -0.05) is 39.3 Å². The van der Waals surface area contributed by atoms with E-state index in [1.807, 2.05) is 13.8 Å². The van der Waals surface area contributed by atoms with Crippen molar-refractivity contribution in [2.45, 2.75) is 84.8 Å². The summed E-state index contributed by atoms with van der Waals surface area (Å²) in [7, 11) is 0. The number of aldehydes is 2. The number of hydrogen-bond donors (Lipinski definition) is 2. The average molecular weight is 365 g/mol. The number of allylic oxidation sites excluding steroid dienone is 1. The quantitative estimate of drug-likeness (QED) is 0.591. The number of carbonyl (C=O) groups excluding carboxylic acids is 2. The van der Waals surface area contributed by atoms with E-state index in [4.69, 9.17) is 0 Å². The van der Waals surface area contributed by atoms with Crippen LogP contribution in [0.5, 0.6) is 0 Å². The zero-order chi connectivity index (χ0) is 19.5. The molecule has 7 unspecified atom stereocenters. The molecule has 0 amide bonds. The Bertz CT molecular complexity index is 542. The van der Waals surface area contributed by atoms with E-state index < -0.39 is 12.2 Å². The lowest BCUT2D eigenvalue weighted by Gasteiger charge is -2.51. The van der Waals surface area contributed by atoms with Crippen molar-refractivity contribution in [3.05, 3.63) is 11.6 Å². The first-order valence-electron chi connectivity index (χ1n) is 10.3. The fraction of sp³-hybridized carbons (Fsp3) is 0.818. The Labute approximate surface area is 158 Å². The van der Waals surface area contributed by atoms with Crippen molar-refractivity contribution < 1.29 is 19.8 Å². The lowest BCUT2D eigenvalue weighted by atomic mass is 9.53. The summed E-state index contributed by atoms with van der Waals surface area (Å²) in [4.78, 5) is 22.9. The zero-order valence-electron chi connectivity index (χ0n) is 16.8. The molecule has 4 heteroatoms. The largest absolute Gasteiger partial charge is 0.390 e. The zero-order valence-corrected chi connectivity index (χ0v) is 16.8. The molecule has 0 saturated heterocycles. The molecule has 0 radical (unpaired) electrons. The molecule has 3 aliphatic carbocycles. The Balaban J connectivity index is 0.00000117. The molecule has 0 bridgehead atoms. The van der Waals surface area contributed by atoms with Crippen LogP contribution in [0.25, 0.3) is 0 Å². The molecular formula is C22H36O4. The Morgan fingerprint density at radius 1 is 1.08 bits per heavy atom. The van der Waals surface area contributed by atoms with E-state index in [2.05, 4.69) is 19.9 Å². The number of fused-ring (bicyclic) bond motifs is 3. The number of aliphatic hydroxyl groups is 2. The van der Waals surface area contributed by atoms with Gasteiger partial charge in [-0.25, -0.2) is 0 Å². The highest BCUT2D eigenvalue weighted by atomic mass is 16.3. The van der Waals surface area contributed by atoms with Crippen LogP contribution in [0, 0.1) is 28.6 Å². The fourth-order valence-electron chi connectivity index (χ4n) is 5.88. The third-order valence-corrected chi connectivity index (χ3v) is 7.46. The minimum Gasteiger partial charge on any atom is -0.390 e.